The highest BCUT2D eigenvalue weighted by atomic mass is 16.5. The van der Waals surface area contributed by atoms with Crippen molar-refractivity contribution < 1.29 is 4.74 Å². The second-order valence-corrected chi connectivity index (χ2v) is 5.51. The Balaban J connectivity index is 1.66. The van der Waals surface area contributed by atoms with Crippen molar-refractivity contribution in [2.45, 2.75) is 32.5 Å². The van der Waals surface area contributed by atoms with E-state index in [1.54, 1.807) is 7.11 Å². The standard InChI is InChI=1S/C16H22N4O/c1-13-16-18-17-15(12-21-2)20(16)11-10-19(13)9-8-14-6-4-3-5-7-14/h3-7,13H,8-12H2,1-2H3. The molecule has 0 fully saturated rings. The Morgan fingerprint density at radius 3 is 2.76 bits per heavy atom. The molecule has 1 atom stereocenters. The monoisotopic (exact) mass is 286 g/mol. The van der Waals surface area contributed by atoms with Crippen LogP contribution in [0.1, 0.15) is 30.2 Å². The minimum Gasteiger partial charge on any atom is -0.377 e. The number of aromatic nitrogens is 3. The van der Waals surface area contributed by atoms with Crippen LogP contribution < -0.4 is 0 Å². The summed E-state index contributed by atoms with van der Waals surface area (Å²) < 4.78 is 7.38. The van der Waals surface area contributed by atoms with Crippen molar-refractivity contribution in [1.82, 2.24) is 19.7 Å². The number of rotatable bonds is 5. The first-order valence-corrected chi connectivity index (χ1v) is 7.48. The molecule has 0 saturated carbocycles. The Labute approximate surface area is 125 Å². The van der Waals surface area contributed by atoms with Gasteiger partial charge in [-0.2, -0.15) is 0 Å². The first-order chi connectivity index (χ1) is 10.3. The Kier molecular flexibility index (Phi) is 4.31. The van der Waals surface area contributed by atoms with Crippen LogP contribution in [0.25, 0.3) is 0 Å². The van der Waals surface area contributed by atoms with Gasteiger partial charge in [0.05, 0.1) is 6.04 Å². The number of hydrogen-bond donors (Lipinski definition) is 0. The van der Waals surface area contributed by atoms with Gasteiger partial charge in [-0.1, -0.05) is 30.3 Å². The molecule has 0 bridgehead atoms. The van der Waals surface area contributed by atoms with Crippen LogP contribution in [0.3, 0.4) is 0 Å². The highest BCUT2D eigenvalue weighted by Crippen LogP contribution is 2.24. The molecule has 0 N–H and O–H groups in total. The number of methoxy groups -OCH3 is 1. The first-order valence-electron chi connectivity index (χ1n) is 7.48. The lowest BCUT2D eigenvalue weighted by atomic mass is 10.1. The molecule has 5 heteroatoms. The molecule has 21 heavy (non-hydrogen) atoms. The molecule has 1 aromatic heterocycles. The molecule has 0 spiro atoms. The summed E-state index contributed by atoms with van der Waals surface area (Å²) >= 11 is 0. The average molecular weight is 286 g/mol. The third kappa shape index (κ3) is 2.99. The molecular formula is C16H22N4O. The predicted molar refractivity (Wildman–Crippen MR) is 80.9 cm³/mol. The van der Waals surface area contributed by atoms with E-state index in [4.69, 9.17) is 4.74 Å². The van der Waals surface area contributed by atoms with Gasteiger partial charge in [0.15, 0.2) is 5.82 Å². The Hall–Kier alpha value is -1.72. The molecule has 2 aromatic rings. The fourth-order valence-corrected chi connectivity index (χ4v) is 2.95. The maximum Gasteiger partial charge on any atom is 0.159 e. The van der Waals surface area contributed by atoms with Gasteiger partial charge in [-0.05, 0) is 18.9 Å². The molecule has 0 saturated heterocycles. The molecule has 1 aliphatic rings. The van der Waals surface area contributed by atoms with Gasteiger partial charge in [0, 0.05) is 26.7 Å². The quantitative estimate of drug-likeness (QED) is 0.843. The highest BCUT2D eigenvalue weighted by molar-refractivity contribution is 5.15. The van der Waals surface area contributed by atoms with E-state index in [0.717, 1.165) is 37.7 Å². The molecule has 3 rings (SSSR count). The lowest BCUT2D eigenvalue weighted by Gasteiger charge is -2.33. The second kappa shape index (κ2) is 6.37. The summed E-state index contributed by atoms with van der Waals surface area (Å²) in [5.41, 5.74) is 1.39. The normalized spacial score (nSPS) is 18.7. The van der Waals surface area contributed by atoms with Gasteiger partial charge in [-0.25, -0.2) is 0 Å². The maximum atomic E-state index is 5.18. The minimum absolute atomic E-state index is 0.306. The van der Waals surface area contributed by atoms with E-state index < -0.39 is 0 Å². The van der Waals surface area contributed by atoms with Crippen molar-refractivity contribution >= 4 is 0 Å². The molecule has 1 aromatic carbocycles. The third-order valence-electron chi connectivity index (χ3n) is 4.19. The smallest absolute Gasteiger partial charge is 0.159 e. The van der Waals surface area contributed by atoms with Crippen molar-refractivity contribution in [3.8, 4) is 0 Å². The lowest BCUT2D eigenvalue weighted by molar-refractivity contribution is 0.149. The van der Waals surface area contributed by atoms with Crippen molar-refractivity contribution in [3.63, 3.8) is 0 Å². The number of benzene rings is 1. The highest BCUT2D eigenvalue weighted by Gasteiger charge is 2.27. The summed E-state index contributed by atoms with van der Waals surface area (Å²) in [5, 5.41) is 8.60. The van der Waals surface area contributed by atoms with Crippen molar-refractivity contribution in [2.24, 2.45) is 0 Å². The third-order valence-corrected chi connectivity index (χ3v) is 4.19. The van der Waals surface area contributed by atoms with Crippen LogP contribution >= 0.6 is 0 Å². The maximum absolute atomic E-state index is 5.18. The zero-order chi connectivity index (χ0) is 14.7. The van der Waals surface area contributed by atoms with Crippen molar-refractivity contribution in [3.05, 3.63) is 47.5 Å². The van der Waals surface area contributed by atoms with Crippen LogP contribution in [-0.4, -0.2) is 39.9 Å². The lowest BCUT2D eigenvalue weighted by Crippen LogP contribution is -2.38. The molecule has 112 valence electrons. The molecule has 1 unspecified atom stereocenters. The molecule has 5 nitrogen and oxygen atoms in total. The summed E-state index contributed by atoms with van der Waals surface area (Å²) in [4.78, 5) is 2.48. The summed E-state index contributed by atoms with van der Waals surface area (Å²) in [6.07, 6.45) is 1.07. The second-order valence-electron chi connectivity index (χ2n) is 5.51. The zero-order valence-corrected chi connectivity index (χ0v) is 12.7. The molecule has 0 aliphatic carbocycles. The van der Waals surface area contributed by atoms with Gasteiger partial charge in [0.25, 0.3) is 0 Å². The van der Waals surface area contributed by atoms with E-state index >= 15 is 0 Å². The van der Waals surface area contributed by atoms with Gasteiger partial charge >= 0.3 is 0 Å². The van der Waals surface area contributed by atoms with Crippen LogP contribution in [0.4, 0.5) is 0 Å². The summed E-state index contributed by atoms with van der Waals surface area (Å²) in [5.74, 6) is 1.99. The van der Waals surface area contributed by atoms with Crippen LogP contribution in [0.5, 0.6) is 0 Å². The SMILES string of the molecule is COCc1nnc2n1CCN(CCc1ccccc1)C2C. The number of fused-ring (bicyclic) bond motifs is 1. The Bertz CT molecular complexity index is 581. The van der Waals surface area contributed by atoms with Gasteiger partial charge in [0.1, 0.15) is 12.4 Å². The Morgan fingerprint density at radius 1 is 1.19 bits per heavy atom. The topological polar surface area (TPSA) is 43.2 Å². The van der Waals surface area contributed by atoms with Crippen LogP contribution in [0.2, 0.25) is 0 Å². The van der Waals surface area contributed by atoms with Gasteiger partial charge in [0.2, 0.25) is 0 Å². The summed E-state index contributed by atoms with van der Waals surface area (Å²) in [7, 11) is 1.69. The molecule has 1 aliphatic heterocycles. The van der Waals surface area contributed by atoms with Gasteiger partial charge in [-0.3, -0.25) is 4.90 Å². The van der Waals surface area contributed by atoms with E-state index in [2.05, 4.69) is 56.9 Å². The van der Waals surface area contributed by atoms with E-state index in [1.165, 1.54) is 5.56 Å². The molecular weight excluding hydrogens is 264 g/mol. The van der Waals surface area contributed by atoms with E-state index in [0.29, 0.717) is 12.6 Å². The van der Waals surface area contributed by atoms with Crippen LogP contribution in [0.15, 0.2) is 30.3 Å². The van der Waals surface area contributed by atoms with Crippen LogP contribution in [0, 0.1) is 0 Å². The van der Waals surface area contributed by atoms with E-state index in [1.807, 2.05) is 0 Å². The number of nitrogens with zero attached hydrogens (tertiary/aromatic N) is 4. The van der Waals surface area contributed by atoms with Crippen LogP contribution in [-0.2, 0) is 24.3 Å². The van der Waals surface area contributed by atoms with Gasteiger partial charge in [-0.15, -0.1) is 10.2 Å². The molecule has 0 radical (unpaired) electrons. The minimum atomic E-state index is 0.306. The summed E-state index contributed by atoms with van der Waals surface area (Å²) in [6, 6.07) is 10.9. The Morgan fingerprint density at radius 2 is 2.00 bits per heavy atom. The zero-order valence-electron chi connectivity index (χ0n) is 12.7. The largest absolute Gasteiger partial charge is 0.377 e. The van der Waals surface area contributed by atoms with E-state index in [9.17, 15) is 0 Å². The van der Waals surface area contributed by atoms with E-state index in [-0.39, 0.29) is 0 Å². The fourth-order valence-electron chi connectivity index (χ4n) is 2.95. The summed E-state index contributed by atoms with van der Waals surface area (Å²) in [6.45, 7) is 5.78. The fraction of sp³-hybridized carbons (Fsp3) is 0.500. The first kappa shape index (κ1) is 14.2. The van der Waals surface area contributed by atoms with Crippen molar-refractivity contribution in [2.75, 3.05) is 20.2 Å². The van der Waals surface area contributed by atoms with Crippen molar-refractivity contribution in [1.29, 1.82) is 0 Å². The predicted octanol–water partition coefficient (Wildman–Crippen LogP) is 2.04. The average Bonchev–Trinajstić information content (AvgIpc) is 2.92. The molecule has 0 amide bonds. The number of hydrogen-bond acceptors (Lipinski definition) is 4. The van der Waals surface area contributed by atoms with Gasteiger partial charge < -0.3 is 9.30 Å². The molecule has 2 heterocycles. The number of ether oxygens (including phenoxy) is 1.